The molecule has 2 heterocycles. The van der Waals surface area contributed by atoms with Gasteiger partial charge in [0.1, 0.15) is 11.4 Å². The van der Waals surface area contributed by atoms with Crippen LogP contribution >= 0.6 is 24.8 Å². The molecule has 0 amide bonds. The first-order chi connectivity index (χ1) is 13.1. The van der Waals surface area contributed by atoms with Crippen molar-refractivity contribution >= 4 is 58.2 Å². The summed E-state index contributed by atoms with van der Waals surface area (Å²) in [5, 5.41) is 5.43. The Kier molecular flexibility index (Phi) is 7.67. The maximum Gasteiger partial charge on any atom is 0.198 e. The maximum absolute atomic E-state index is 5.97. The predicted octanol–water partition coefficient (Wildman–Crippen LogP) is 4.83. The highest BCUT2D eigenvalue weighted by Gasteiger charge is 2.13. The van der Waals surface area contributed by atoms with Crippen molar-refractivity contribution in [3.8, 4) is 11.6 Å². The second kappa shape index (κ2) is 9.78. The third-order valence-electron chi connectivity index (χ3n) is 4.44. The first-order valence-electron chi connectivity index (χ1n) is 9.05. The molecule has 4 rings (SSSR count). The molecule has 0 saturated heterocycles. The molecule has 2 aromatic carbocycles. The van der Waals surface area contributed by atoms with Crippen LogP contribution in [0.5, 0.6) is 0 Å². The highest BCUT2D eigenvalue weighted by Crippen LogP contribution is 2.30. The highest BCUT2D eigenvalue weighted by atomic mass is 35.5. The van der Waals surface area contributed by atoms with Crippen LogP contribution in [0.2, 0.25) is 0 Å². The molecule has 2 aromatic heterocycles. The minimum atomic E-state index is 0. The van der Waals surface area contributed by atoms with E-state index in [0.717, 1.165) is 47.2 Å². The van der Waals surface area contributed by atoms with E-state index in [9.17, 15) is 0 Å². The number of hydrogen-bond donors (Lipinski definition) is 2. The number of aromatic nitrogens is 2. The lowest BCUT2D eigenvalue weighted by molar-refractivity contribution is 0.405. The van der Waals surface area contributed by atoms with Gasteiger partial charge in [0, 0.05) is 23.0 Å². The van der Waals surface area contributed by atoms with Gasteiger partial charge in [0.15, 0.2) is 11.6 Å². The molecule has 0 atom stereocenters. The lowest BCUT2D eigenvalue weighted by atomic mass is 10.2. The van der Waals surface area contributed by atoms with Gasteiger partial charge in [0.2, 0.25) is 0 Å². The smallest absolute Gasteiger partial charge is 0.198 e. The van der Waals surface area contributed by atoms with Crippen molar-refractivity contribution in [2.24, 2.45) is 0 Å². The number of halogens is 2. The molecule has 0 aliphatic carbocycles. The molecule has 6 nitrogen and oxygen atoms in total. The Labute approximate surface area is 182 Å². The normalized spacial score (nSPS) is 10.7. The van der Waals surface area contributed by atoms with E-state index >= 15 is 0 Å². The Bertz CT molecular complexity index is 1060. The SMILES string of the molecule is CN(C)CCCNc1nc(-c2cc3ccccc3o2)nc2cc(N)ccc12.Cl.Cl. The van der Waals surface area contributed by atoms with Gasteiger partial charge in [-0.3, -0.25) is 0 Å². The molecule has 8 heteroatoms. The van der Waals surface area contributed by atoms with E-state index < -0.39 is 0 Å². The van der Waals surface area contributed by atoms with Gasteiger partial charge in [-0.1, -0.05) is 18.2 Å². The summed E-state index contributed by atoms with van der Waals surface area (Å²) in [6.45, 7) is 1.84. The molecule has 154 valence electrons. The zero-order valence-corrected chi connectivity index (χ0v) is 18.0. The van der Waals surface area contributed by atoms with Gasteiger partial charge >= 0.3 is 0 Å². The molecular formula is C21H25Cl2N5O. The van der Waals surface area contributed by atoms with Gasteiger partial charge in [-0.2, -0.15) is 0 Å². The van der Waals surface area contributed by atoms with Crippen molar-refractivity contribution in [1.29, 1.82) is 0 Å². The topological polar surface area (TPSA) is 80.2 Å². The van der Waals surface area contributed by atoms with Crippen LogP contribution < -0.4 is 11.1 Å². The zero-order chi connectivity index (χ0) is 18.8. The molecule has 0 unspecified atom stereocenters. The second-order valence-electron chi connectivity index (χ2n) is 6.90. The quantitative estimate of drug-likeness (QED) is 0.334. The Morgan fingerprint density at radius 1 is 1.03 bits per heavy atom. The van der Waals surface area contributed by atoms with Gasteiger partial charge < -0.3 is 20.4 Å². The van der Waals surface area contributed by atoms with Crippen molar-refractivity contribution in [2.75, 3.05) is 38.2 Å². The van der Waals surface area contributed by atoms with Crippen molar-refractivity contribution in [2.45, 2.75) is 6.42 Å². The molecule has 0 saturated carbocycles. The molecule has 0 aliphatic rings. The summed E-state index contributed by atoms with van der Waals surface area (Å²) in [4.78, 5) is 11.6. The fraction of sp³-hybridized carbons (Fsp3) is 0.238. The monoisotopic (exact) mass is 433 g/mol. The molecule has 0 spiro atoms. The number of nitrogens with two attached hydrogens (primary N) is 1. The van der Waals surface area contributed by atoms with E-state index in [1.165, 1.54) is 0 Å². The standard InChI is InChI=1S/C21H23N5O.2ClH/c1-26(2)11-5-10-23-20-16-9-8-15(22)13-17(16)24-21(25-20)19-12-14-6-3-4-7-18(14)27-19;;/h3-4,6-9,12-13H,5,10-11,22H2,1-2H3,(H,23,24,25);2*1H. The summed E-state index contributed by atoms with van der Waals surface area (Å²) in [7, 11) is 4.14. The largest absolute Gasteiger partial charge is 0.453 e. The molecule has 0 aliphatic heterocycles. The van der Waals surface area contributed by atoms with E-state index in [2.05, 4.69) is 29.3 Å². The van der Waals surface area contributed by atoms with Crippen LogP contribution in [0, 0.1) is 0 Å². The third kappa shape index (κ3) is 5.09. The lowest BCUT2D eigenvalue weighted by Crippen LogP contribution is -2.16. The molecule has 29 heavy (non-hydrogen) atoms. The average molecular weight is 434 g/mol. The first kappa shape index (κ1) is 22.7. The van der Waals surface area contributed by atoms with E-state index in [1.807, 2.05) is 48.5 Å². The summed E-state index contributed by atoms with van der Waals surface area (Å²) in [6, 6.07) is 15.6. The summed E-state index contributed by atoms with van der Waals surface area (Å²) >= 11 is 0. The zero-order valence-electron chi connectivity index (χ0n) is 16.4. The van der Waals surface area contributed by atoms with E-state index in [-0.39, 0.29) is 24.8 Å². The van der Waals surface area contributed by atoms with Gasteiger partial charge in [0.05, 0.1) is 5.52 Å². The van der Waals surface area contributed by atoms with E-state index in [0.29, 0.717) is 17.3 Å². The Morgan fingerprint density at radius 3 is 2.59 bits per heavy atom. The minimum absolute atomic E-state index is 0. The predicted molar refractivity (Wildman–Crippen MR) is 125 cm³/mol. The van der Waals surface area contributed by atoms with Crippen LogP contribution in [0.25, 0.3) is 33.5 Å². The van der Waals surface area contributed by atoms with Crippen LogP contribution in [0.15, 0.2) is 52.9 Å². The minimum Gasteiger partial charge on any atom is -0.453 e. The fourth-order valence-electron chi connectivity index (χ4n) is 3.09. The Balaban J connectivity index is 0.00000150. The van der Waals surface area contributed by atoms with Crippen LogP contribution in [0.1, 0.15) is 6.42 Å². The first-order valence-corrected chi connectivity index (χ1v) is 9.05. The van der Waals surface area contributed by atoms with Crippen LogP contribution in [0.3, 0.4) is 0 Å². The van der Waals surface area contributed by atoms with Crippen molar-refractivity contribution < 1.29 is 4.42 Å². The molecule has 3 N–H and O–H groups in total. The summed E-state index contributed by atoms with van der Waals surface area (Å²) < 4.78 is 5.95. The Morgan fingerprint density at radius 2 is 1.83 bits per heavy atom. The number of benzene rings is 2. The summed E-state index contributed by atoms with van der Waals surface area (Å²) in [6.07, 6.45) is 1.02. The number of nitrogens with zero attached hydrogens (tertiary/aromatic N) is 3. The number of rotatable bonds is 6. The van der Waals surface area contributed by atoms with Crippen molar-refractivity contribution in [3.05, 3.63) is 48.5 Å². The molecule has 0 radical (unpaired) electrons. The highest BCUT2D eigenvalue weighted by molar-refractivity contribution is 5.92. The van der Waals surface area contributed by atoms with Crippen molar-refractivity contribution in [3.63, 3.8) is 0 Å². The third-order valence-corrected chi connectivity index (χ3v) is 4.44. The van der Waals surface area contributed by atoms with Gasteiger partial charge in [-0.25, -0.2) is 9.97 Å². The molecule has 0 bridgehead atoms. The average Bonchev–Trinajstić information content (AvgIpc) is 3.08. The van der Waals surface area contributed by atoms with Crippen LogP contribution in [-0.4, -0.2) is 42.1 Å². The number of hydrogen-bond acceptors (Lipinski definition) is 6. The number of anilines is 2. The number of nitrogens with one attached hydrogen (secondary N) is 1. The summed E-state index contributed by atoms with van der Waals surface area (Å²) in [5.41, 5.74) is 8.27. The van der Waals surface area contributed by atoms with Gasteiger partial charge in [-0.05, 0) is 57.4 Å². The second-order valence-corrected chi connectivity index (χ2v) is 6.90. The van der Waals surface area contributed by atoms with E-state index in [1.54, 1.807) is 0 Å². The van der Waals surface area contributed by atoms with Crippen molar-refractivity contribution in [1.82, 2.24) is 14.9 Å². The number of para-hydroxylation sites is 1. The number of nitrogen functional groups attached to an aromatic ring is 1. The van der Waals surface area contributed by atoms with Gasteiger partial charge in [0.25, 0.3) is 0 Å². The number of fused-ring (bicyclic) bond motifs is 2. The molecule has 0 fully saturated rings. The fourth-order valence-corrected chi connectivity index (χ4v) is 3.09. The number of furan rings is 1. The van der Waals surface area contributed by atoms with Crippen LogP contribution in [-0.2, 0) is 0 Å². The molecule has 4 aromatic rings. The lowest BCUT2D eigenvalue weighted by Gasteiger charge is -2.12. The van der Waals surface area contributed by atoms with Gasteiger partial charge in [-0.15, -0.1) is 24.8 Å². The molecular weight excluding hydrogens is 409 g/mol. The Hall–Kier alpha value is -2.54. The van der Waals surface area contributed by atoms with E-state index in [4.69, 9.17) is 15.1 Å². The summed E-state index contributed by atoms with van der Waals surface area (Å²) in [5.74, 6) is 2.01. The van der Waals surface area contributed by atoms with Crippen LogP contribution in [0.4, 0.5) is 11.5 Å². The maximum atomic E-state index is 5.97.